The van der Waals surface area contributed by atoms with Crippen LogP contribution in [-0.4, -0.2) is 25.0 Å². The summed E-state index contributed by atoms with van der Waals surface area (Å²) in [5.74, 6) is 0. The maximum Gasteiger partial charge on any atom is 0.457 e. The molecule has 0 aliphatic carbocycles. The fraction of sp³-hybridized carbons (Fsp3) is 1.00. The van der Waals surface area contributed by atoms with Gasteiger partial charge in [-0.2, -0.15) is 0 Å². The Hall–Kier alpha value is 0.0499. The lowest BCUT2D eigenvalue weighted by molar-refractivity contribution is 0.00578. The van der Waals surface area contributed by atoms with Gasteiger partial charge in [-0.3, -0.25) is 0 Å². The molecule has 1 heterocycles. The van der Waals surface area contributed by atoms with Gasteiger partial charge in [-0.05, 0) is 34.0 Å². The van der Waals surface area contributed by atoms with Crippen molar-refractivity contribution in [3.63, 3.8) is 0 Å². The SMILES string of the molecule is CCB(CC)CCCCCB1OC(C)(C)C(C)(C)O1. The lowest BCUT2D eigenvalue weighted by Crippen LogP contribution is -2.41. The van der Waals surface area contributed by atoms with E-state index in [0.717, 1.165) is 13.0 Å². The molecule has 0 bridgehead atoms. The summed E-state index contributed by atoms with van der Waals surface area (Å²) in [7, 11) is -0.00172. The molecule has 0 aromatic heterocycles. The van der Waals surface area contributed by atoms with Crippen LogP contribution in [0.1, 0.15) is 60.8 Å². The number of unbranched alkanes of at least 4 members (excludes halogenated alkanes) is 2. The average Bonchev–Trinajstić information content (AvgIpc) is 2.52. The summed E-state index contributed by atoms with van der Waals surface area (Å²) < 4.78 is 12.0. The van der Waals surface area contributed by atoms with Gasteiger partial charge < -0.3 is 9.31 Å². The highest BCUT2D eigenvalue weighted by Crippen LogP contribution is 2.38. The third-order valence-electron chi connectivity index (χ3n) is 5.01. The average molecular weight is 266 g/mol. The van der Waals surface area contributed by atoms with E-state index in [2.05, 4.69) is 41.5 Å². The van der Waals surface area contributed by atoms with Crippen molar-refractivity contribution in [1.82, 2.24) is 0 Å². The van der Waals surface area contributed by atoms with E-state index in [1.807, 2.05) is 0 Å². The zero-order valence-corrected chi connectivity index (χ0v) is 13.9. The molecular formula is C15H32B2O2. The molecular weight excluding hydrogens is 234 g/mol. The minimum absolute atomic E-state index is 0.00172. The fourth-order valence-corrected chi connectivity index (χ4v) is 2.70. The van der Waals surface area contributed by atoms with Crippen molar-refractivity contribution in [2.24, 2.45) is 0 Å². The lowest BCUT2D eigenvalue weighted by Gasteiger charge is -2.32. The molecule has 0 unspecified atom stereocenters. The molecule has 1 aliphatic heterocycles. The Labute approximate surface area is 121 Å². The normalized spacial score (nSPS) is 20.8. The van der Waals surface area contributed by atoms with Crippen LogP contribution in [0.4, 0.5) is 0 Å². The molecule has 0 radical (unpaired) electrons. The zero-order chi connectivity index (χ0) is 14.5. The van der Waals surface area contributed by atoms with Crippen LogP contribution < -0.4 is 0 Å². The third kappa shape index (κ3) is 4.82. The van der Waals surface area contributed by atoms with Crippen LogP contribution in [0.25, 0.3) is 0 Å². The van der Waals surface area contributed by atoms with E-state index in [-0.39, 0.29) is 18.3 Å². The van der Waals surface area contributed by atoms with Gasteiger partial charge >= 0.3 is 7.12 Å². The number of rotatable bonds is 8. The smallest absolute Gasteiger partial charge is 0.403 e. The highest BCUT2D eigenvalue weighted by Gasteiger charge is 2.50. The lowest BCUT2D eigenvalue weighted by atomic mass is 9.43. The first-order valence-electron chi connectivity index (χ1n) is 8.18. The quantitative estimate of drug-likeness (QED) is 0.464. The van der Waals surface area contributed by atoms with Gasteiger partial charge in [0.1, 0.15) is 6.71 Å². The van der Waals surface area contributed by atoms with E-state index in [1.54, 1.807) is 0 Å². The Morgan fingerprint density at radius 1 is 0.842 bits per heavy atom. The molecule has 0 spiro atoms. The molecule has 1 rings (SSSR count). The number of hydrogen-bond donors (Lipinski definition) is 0. The fourth-order valence-electron chi connectivity index (χ4n) is 2.70. The van der Waals surface area contributed by atoms with Gasteiger partial charge in [0.05, 0.1) is 11.2 Å². The first-order chi connectivity index (χ1) is 8.82. The largest absolute Gasteiger partial charge is 0.457 e. The van der Waals surface area contributed by atoms with Crippen LogP contribution in [-0.2, 0) is 9.31 Å². The Kier molecular flexibility index (Phi) is 6.45. The standard InChI is InChI=1S/C15H32B2O2/c1-7-16(8-2)12-10-9-11-13-17-18-14(3,4)15(5,6)19-17/h7-13H2,1-6H3. The molecule has 1 fully saturated rings. The zero-order valence-electron chi connectivity index (χ0n) is 13.9. The van der Waals surface area contributed by atoms with Crippen LogP contribution in [0, 0.1) is 0 Å². The molecule has 0 atom stereocenters. The van der Waals surface area contributed by atoms with Gasteiger partial charge in [-0.1, -0.05) is 52.1 Å². The van der Waals surface area contributed by atoms with E-state index in [9.17, 15) is 0 Å². The molecule has 4 heteroatoms. The van der Waals surface area contributed by atoms with Crippen molar-refractivity contribution in [3.05, 3.63) is 0 Å². The van der Waals surface area contributed by atoms with Crippen LogP contribution in [0.5, 0.6) is 0 Å². The second-order valence-electron chi connectivity index (χ2n) is 7.01. The predicted molar refractivity (Wildman–Crippen MR) is 86.3 cm³/mol. The van der Waals surface area contributed by atoms with Crippen molar-refractivity contribution in [2.75, 3.05) is 0 Å². The van der Waals surface area contributed by atoms with Gasteiger partial charge in [0, 0.05) is 0 Å². The molecule has 2 nitrogen and oxygen atoms in total. The Morgan fingerprint density at radius 2 is 1.37 bits per heavy atom. The highest BCUT2D eigenvalue weighted by molar-refractivity contribution is 6.58. The van der Waals surface area contributed by atoms with Crippen LogP contribution in [0.15, 0.2) is 0 Å². The number of hydrogen-bond acceptors (Lipinski definition) is 2. The topological polar surface area (TPSA) is 18.5 Å². The monoisotopic (exact) mass is 266 g/mol. The van der Waals surface area contributed by atoms with Gasteiger partial charge in [0.2, 0.25) is 0 Å². The second kappa shape index (κ2) is 7.17. The summed E-state index contributed by atoms with van der Waals surface area (Å²) in [5, 5.41) is 0. The Morgan fingerprint density at radius 3 is 1.84 bits per heavy atom. The van der Waals surface area contributed by atoms with Gasteiger partial charge in [-0.25, -0.2) is 0 Å². The first-order valence-corrected chi connectivity index (χ1v) is 8.18. The van der Waals surface area contributed by atoms with Gasteiger partial charge in [0.15, 0.2) is 0 Å². The van der Waals surface area contributed by atoms with Crippen LogP contribution in [0.3, 0.4) is 0 Å². The van der Waals surface area contributed by atoms with Crippen molar-refractivity contribution >= 4 is 13.8 Å². The summed E-state index contributed by atoms with van der Waals surface area (Å²) in [6, 6.07) is 0. The summed E-state index contributed by atoms with van der Waals surface area (Å²) in [5.41, 5.74) is -0.347. The first kappa shape index (κ1) is 17.1. The molecule has 0 aromatic rings. The van der Waals surface area contributed by atoms with Crippen LogP contribution >= 0.6 is 0 Å². The van der Waals surface area contributed by atoms with E-state index in [0.29, 0.717) is 0 Å². The van der Waals surface area contributed by atoms with Crippen molar-refractivity contribution in [1.29, 1.82) is 0 Å². The minimum atomic E-state index is -0.173. The summed E-state index contributed by atoms with van der Waals surface area (Å²) in [6.45, 7) is 14.0. The maximum absolute atomic E-state index is 6.01. The molecule has 110 valence electrons. The minimum Gasteiger partial charge on any atom is -0.403 e. The predicted octanol–water partition coefficient (Wildman–Crippen LogP) is 4.78. The van der Waals surface area contributed by atoms with Gasteiger partial charge in [-0.15, -0.1) is 0 Å². The molecule has 1 aliphatic rings. The maximum atomic E-state index is 6.01. The third-order valence-corrected chi connectivity index (χ3v) is 5.01. The summed E-state index contributed by atoms with van der Waals surface area (Å²) in [4.78, 5) is 0. The van der Waals surface area contributed by atoms with Crippen molar-refractivity contribution in [2.45, 2.75) is 97.3 Å². The Bertz CT molecular complexity index is 247. The van der Waals surface area contributed by atoms with E-state index in [4.69, 9.17) is 9.31 Å². The van der Waals surface area contributed by atoms with E-state index >= 15 is 0 Å². The summed E-state index contributed by atoms with van der Waals surface area (Å²) >= 11 is 0. The Balaban J connectivity index is 2.15. The molecule has 1 saturated heterocycles. The van der Waals surface area contributed by atoms with Crippen molar-refractivity contribution in [3.8, 4) is 0 Å². The molecule has 0 saturated carbocycles. The molecule has 0 aromatic carbocycles. The van der Waals surface area contributed by atoms with Gasteiger partial charge in [0.25, 0.3) is 0 Å². The molecule has 19 heavy (non-hydrogen) atoms. The highest BCUT2D eigenvalue weighted by atomic mass is 16.7. The van der Waals surface area contributed by atoms with Crippen molar-refractivity contribution < 1.29 is 9.31 Å². The second-order valence-corrected chi connectivity index (χ2v) is 7.01. The molecule has 0 N–H and O–H groups in total. The summed E-state index contributed by atoms with van der Waals surface area (Å²) in [6.07, 6.45) is 8.96. The van der Waals surface area contributed by atoms with E-state index in [1.165, 1.54) is 38.2 Å². The van der Waals surface area contributed by atoms with E-state index < -0.39 is 0 Å². The van der Waals surface area contributed by atoms with Crippen LogP contribution in [0.2, 0.25) is 25.3 Å². The molecule has 0 amide bonds.